The zero-order valence-electron chi connectivity index (χ0n) is 24.8. The molecule has 0 bridgehead atoms. The molecule has 9 N–H and O–H groups in total. The lowest BCUT2D eigenvalue weighted by molar-refractivity contribution is -0.268. The fourth-order valence-electron chi connectivity index (χ4n) is 4.80. The highest BCUT2D eigenvalue weighted by molar-refractivity contribution is 5.89. The molecular formula is C27H51N5O9. The molecule has 1 saturated heterocycles. The Balaban J connectivity index is 2.91. The van der Waals surface area contributed by atoms with E-state index in [1.165, 1.54) is 26.7 Å². The van der Waals surface area contributed by atoms with E-state index in [4.69, 9.17) is 20.9 Å². The first-order valence-electron chi connectivity index (χ1n) is 14.5. The molecule has 0 saturated carbocycles. The van der Waals surface area contributed by atoms with Crippen LogP contribution < -0.4 is 22.1 Å². The van der Waals surface area contributed by atoms with Crippen molar-refractivity contribution < 1.29 is 44.0 Å². The van der Waals surface area contributed by atoms with Crippen molar-refractivity contribution in [1.82, 2.24) is 15.5 Å². The standard InChI is InChI=1S/C27H51N5O9/c1-5-6-7-8-9-10-13-30-21(35)12-11-19(25(29)37)32(26(38)17(3)28)14-16(2)40-24-22(31-18(4)34)27(39)41-20(15-33)23(24)36/h16-17,19-20,22-24,27,33,36,39H,5-15,28H2,1-4H3,(H2,29,37)(H,30,35)(H,31,34)/t16?,17-,19+,20+,22+,23+,24+,27-/m0/s1. The maximum atomic E-state index is 13.0. The van der Waals surface area contributed by atoms with E-state index in [0.717, 1.165) is 30.6 Å². The van der Waals surface area contributed by atoms with Gasteiger partial charge in [-0.2, -0.15) is 0 Å². The summed E-state index contributed by atoms with van der Waals surface area (Å²) in [6, 6.07) is -3.35. The van der Waals surface area contributed by atoms with Gasteiger partial charge < -0.3 is 51.8 Å². The van der Waals surface area contributed by atoms with Gasteiger partial charge in [-0.3, -0.25) is 19.2 Å². The Labute approximate surface area is 242 Å². The number of nitrogens with one attached hydrogen (secondary N) is 2. The number of unbranched alkanes of at least 4 members (excludes halogenated alkanes) is 5. The monoisotopic (exact) mass is 589 g/mol. The van der Waals surface area contributed by atoms with Crippen molar-refractivity contribution >= 4 is 23.6 Å². The summed E-state index contributed by atoms with van der Waals surface area (Å²) < 4.78 is 11.1. The van der Waals surface area contributed by atoms with Crippen molar-refractivity contribution in [3.05, 3.63) is 0 Å². The largest absolute Gasteiger partial charge is 0.394 e. The highest BCUT2D eigenvalue weighted by atomic mass is 16.6. The normalized spacial score (nSPS) is 24.6. The van der Waals surface area contributed by atoms with Crippen LogP contribution in [0.5, 0.6) is 0 Å². The van der Waals surface area contributed by atoms with Gasteiger partial charge in [0.05, 0.1) is 18.8 Å². The quantitative estimate of drug-likeness (QED) is 0.0874. The highest BCUT2D eigenvalue weighted by Crippen LogP contribution is 2.24. The van der Waals surface area contributed by atoms with E-state index in [2.05, 4.69) is 17.6 Å². The van der Waals surface area contributed by atoms with Gasteiger partial charge in [0.15, 0.2) is 6.29 Å². The van der Waals surface area contributed by atoms with E-state index in [-0.39, 0.29) is 25.3 Å². The predicted octanol–water partition coefficient (Wildman–Crippen LogP) is -1.38. The maximum Gasteiger partial charge on any atom is 0.240 e. The molecule has 1 unspecified atom stereocenters. The van der Waals surface area contributed by atoms with Crippen LogP contribution in [0, 0.1) is 0 Å². The molecule has 0 radical (unpaired) electrons. The fraction of sp³-hybridized carbons (Fsp3) is 0.852. The molecule has 41 heavy (non-hydrogen) atoms. The number of primary amides is 1. The summed E-state index contributed by atoms with van der Waals surface area (Å²) in [5.41, 5.74) is 11.5. The predicted molar refractivity (Wildman–Crippen MR) is 150 cm³/mol. The maximum absolute atomic E-state index is 13.0. The van der Waals surface area contributed by atoms with E-state index in [9.17, 15) is 34.5 Å². The zero-order chi connectivity index (χ0) is 31.1. The Hall–Kier alpha value is -2.36. The van der Waals surface area contributed by atoms with Crippen molar-refractivity contribution in [2.24, 2.45) is 11.5 Å². The average molecular weight is 590 g/mol. The van der Waals surface area contributed by atoms with Gasteiger partial charge >= 0.3 is 0 Å². The first kappa shape index (κ1) is 36.7. The van der Waals surface area contributed by atoms with Gasteiger partial charge in [-0.15, -0.1) is 0 Å². The summed E-state index contributed by atoms with van der Waals surface area (Å²) in [6.45, 7) is 6.05. The van der Waals surface area contributed by atoms with Gasteiger partial charge in [-0.25, -0.2) is 0 Å². The number of aliphatic hydroxyl groups is 3. The van der Waals surface area contributed by atoms with Crippen LogP contribution in [0.4, 0.5) is 0 Å². The molecule has 1 heterocycles. The van der Waals surface area contributed by atoms with Gasteiger partial charge in [0.2, 0.25) is 23.6 Å². The fourth-order valence-corrected chi connectivity index (χ4v) is 4.80. The van der Waals surface area contributed by atoms with Crippen molar-refractivity contribution in [1.29, 1.82) is 0 Å². The second-order valence-electron chi connectivity index (χ2n) is 10.7. The number of hydrogen-bond acceptors (Lipinski definition) is 10. The molecular weight excluding hydrogens is 538 g/mol. The molecule has 1 aliphatic rings. The number of nitrogens with two attached hydrogens (primary N) is 2. The molecule has 8 atom stereocenters. The van der Waals surface area contributed by atoms with Gasteiger partial charge in [-0.05, 0) is 26.7 Å². The molecule has 0 aromatic rings. The van der Waals surface area contributed by atoms with Crippen LogP contribution in [0.15, 0.2) is 0 Å². The second-order valence-corrected chi connectivity index (χ2v) is 10.7. The van der Waals surface area contributed by atoms with Crippen molar-refractivity contribution in [2.75, 3.05) is 19.7 Å². The summed E-state index contributed by atoms with van der Waals surface area (Å²) >= 11 is 0. The molecule has 0 aliphatic carbocycles. The molecule has 1 aliphatic heterocycles. The lowest BCUT2D eigenvalue weighted by atomic mass is 9.96. The SMILES string of the molecule is CCCCCCCCNC(=O)CC[C@H](C(N)=O)N(CC(C)O[C@H]1[C@H](O)[C@@H](CO)O[C@H](O)[C@@H]1NC(C)=O)C(=O)[C@H](C)N. The molecule has 14 nitrogen and oxygen atoms in total. The van der Waals surface area contributed by atoms with Crippen molar-refractivity contribution in [3.8, 4) is 0 Å². The van der Waals surface area contributed by atoms with Gasteiger partial charge in [0.25, 0.3) is 0 Å². The van der Waals surface area contributed by atoms with Crippen molar-refractivity contribution in [3.63, 3.8) is 0 Å². The summed E-state index contributed by atoms with van der Waals surface area (Å²) in [4.78, 5) is 50.8. The smallest absolute Gasteiger partial charge is 0.240 e. The third kappa shape index (κ3) is 12.6. The minimum absolute atomic E-state index is 0.0391. The Morgan fingerprint density at radius 3 is 2.27 bits per heavy atom. The molecule has 238 valence electrons. The van der Waals surface area contributed by atoms with Crippen molar-refractivity contribution in [2.45, 2.75) is 128 Å². The summed E-state index contributed by atoms with van der Waals surface area (Å²) in [5, 5.41) is 35.9. The Kier molecular flexibility index (Phi) is 16.9. The highest BCUT2D eigenvalue weighted by Gasteiger charge is 2.46. The first-order valence-corrected chi connectivity index (χ1v) is 14.5. The van der Waals surface area contributed by atoms with Crippen LogP contribution in [-0.2, 0) is 28.7 Å². The minimum Gasteiger partial charge on any atom is -0.394 e. The number of amides is 4. The average Bonchev–Trinajstić information content (AvgIpc) is 2.90. The molecule has 1 rings (SSSR count). The van der Waals surface area contributed by atoms with Crippen LogP contribution in [-0.4, -0.2) is 112 Å². The molecule has 0 aromatic heterocycles. The van der Waals surface area contributed by atoms with Crippen LogP contribution in [0.25, 0.3) is 0 Å². The molecule has 4 amide bonds. The van der Waals surface area contributed by atoms with Crippen LogP contribution in [0.1, 0.15) is 79.1 Å². The third-order valence-electron chi connectivity index (χ3n) is 6.96. The number of rotatable bonds is 19. The lowest BCUT2D eigenvalue weighted by Crippen LogP contribution is -2.65. The Bertz CT molecular complexity index is 831. The van der Waals surface area contributed by atoms with E-state index in [1.54, 1.807) is 6.92 Å². The molecule has 0 spiro atoms. The van der Waals surface area contributed by atoms with Crippen LogP contribution in [0.2, 0.25) is 0 Å². The lowest BCUT2D eigenvalue weighted by Gasteiger charge is -2.44. The summed E-state index contributed by atoms with van der Waals surface area (Å²) in [7, 11) is 0. The Morgan fingerprint density at radius 2 is 1.71 bits per heavy atom. The van der Waals surface area contributed by atoms with E-state index < -0.39 is 73.2 Å². The van der Waals surface area contributed by atoms with E-state index in [1.807, 2.05) is 0 Å². The van der Waals surface area contributed by atoms with Gasteiger partial charge in [0, 0.05) is 26.4 Å². The molecule has 0 aromatic carbocycles. The van der Waals surface area contributed by atoms with Gasteiger partial charge in [0.1, 0.15) is 30.4 Å². The van der Waals surface area contributed by atoms with E-state index in [0.29, 0.717) is 6.54 Å². The molecule has 14 heteroatoms. The minimum atomic E-state index is -1.59. The number of aliphatic hydroxyl groups excluding tert-OH is 3. The number of nitrogens with zero attached hydrogens (tertiary/aromatic N) is 1. The summed E-state index contributed by atoms with van der Waals surface area (Å²) in [5.74, 6) is -2.22. The second kappa shape index (κ2) is 18.9. The molecule has 1 fully saturated rings. The summed E-state index contributed by atoms with van der Waals surface area (Å²) in [6.07, 6.45) is 0.0724. The number of ether oxygens (including phenoxy) is 2. The Morgan fingerprint density at radius 1 is 1.07 bits per heavy atom. The van der Waals surface area contributed by atoms with Crippen LogP contribution >= 0.6 is 0 Å². The number of hydrogen-bond donors (Lipinski definition) is 7. The zero-order valence-corrected chi connectivity index (χ0v) is 24.8. The number of carbonyl (C=O) groups is 4. The van der Waals surface area contributed by atoms with Crippen LogP contribution in [0.3, 0.4) is 0 Å². The van der Waals surface area contributed by atoms with Gasteiger partial charge in [-0.1, -0.05) is 39.0 Å². The topological polar surface area (TPSA) is 227 Å². The number of carbonyl (C=O) groups excluding carboxylic acids is 4. The van der Waals surface area contributed by atoms with E-state index >= 15 is 0 Å². The third-order valence-corrected chi connectivity index (χ3v) is 6.96. The first-order chi connectivity index (χ1) is 19.3.